The Kier molecular flexibility index (Phi) is 6.68. The highest BCUT2D eigenvalue weighted by atomic mass is 32.2. The summed E-state index contributed by atoms with van der Waals surface area (Å²) in [5, 5.41) is 13.2. The second-order valence-electron chi connectivity index (χ2n) is 5.22. The first kappa shape index (κ1) is 19.1. The number of amides is 1. The molecule has 0 saturated carbocycles. The summed E-state index contributed by atoms with van der Waals surface area (Å²) in [6.07, 6.45) is 0.101. The van der Waals surface area contributed by atoms with Crippen molar-refractivity contribution >= 4 is 33.2 Å². The van der Waals surface area contributed by atoms with Crippen LogP contribution in [-0.2, 0) is 19.6 Å². The maximum Gasteiger partial charge on any atom is 0.303 e. The molecule has 9 heteroatoms. The quantitative estimate of drug-likeness (QED) is 0.612. The van der Waals surface area contributed by atoms with Gasteiger partial charge in [0.15, 0.2) is 0 Å². The lowest BCUT2D eigenvalue weighted by Crippen LogP contribution is -2.38. The summed E-state index contributed by atoms with van der Waals surface area (Å²) in [6, 6.07) is 11.5. The first-order valence-electron chi connectivity index (χ1n) is 7.48. The number of carboxylic acids is 1. The predicted molar refractivity (Wildman–Crippen MR) is 93.7 cm³/mol. The van der Waals surface area contributed by atoms with Gasteiger partial charge in [0, 0.05) is 6.42 Å². The van der Waals surface area contributed by atoms with Crippen LogP contribution in [0.15, 0.2) is 52.1 Å². The fourth-order valence-corrected chi connectivity index (χ4v) is 4.19. The molecule has 3 N–H and O–H groups in total. The van der Waals surface area contributed by atoms with Crippen LogP contribution in [0.1, 0.15) is 24.4 Å². The van der Waals surface area contributed by atoms with Crippen LogP contribution in [0.25, 0.3) is 0 Å². The smallest absolute Gasteiger partial charge is 0.303 e. The molecule has 0 aliphatic rings. The molecule has 0 aliphatic heterocycles. The van der Waals surface area contributed by atoms with E-state index in [2.05, 4.69) is 10.0 Å². The Bertz CT molecular complexity index is 804. The fraction of sp³-hybridized carbons (Fsp3) is 0.250. The highest BCUT2D eigenvalue weighted by molar-refractivity contribution is 7.91. The van der Waals surface area contributed by atoms with Gasteiger partial charge < -0.3 is 10.4 Å². The zero-order valence-electron chi connectivity index (χ0n) is 13.2. The minimum Gasteiger partial charge on any atom is -0.481 e. The molecule has 0 fully saturated rings. The molecule has 0 saturated heterocycles. The van der Waals surface area contributed by atoms with E-state index in [0.29, 0.717) is 0 Å². The van der Waals surface area contributed by atoms with E-state index in [0.717, 1.165) is 16.9 Å². The fourth-order valence-electron chi connectivity index (χ4n) is 2.17. The highest BCUT2D eigenvalue weighted by Crippen LogP contribution is 2.18. The molecule has 1 heterocycles. The molecule has 2 rings (SSSR count). The molecular weight excluding hydrogens is 364 g/mol. The predicted octanol–water partition coefficient (Wildman–Crippen LogP) is 1.75. The average molecular weight is 382 g/mol. The zero-order valence-corrected chi connectivity index (χ0v) is 14.8. The lowest BCUT2D eigenvalue weighted by molar-refractivity contribution is -0.137. The monoisotopic (exact) mass is 382 g/mol. The van der Waals surface area contributed by atoms with Crippen LogP contribution in [0.5, 0.6) is 0 Å². The molecule has 1 unspecified atom stereocenters. The van der Waals surface area contributed by atoms with Crippen LogP contribution in [0.4, 0.5) is 0 Å². The van der Waals surface area contributed by atoms with Gasteiger partial charge in [0.1, 0.15) is 4.21 Å². The van der Waals surface area contributed by atoms with Crippen molar-refractivity contribution < 1.29 is 23.1 Å². The number of hydrogen-bond donors (Lipinski definition) is 3. The number of carboxylic acid groups (broad SMARTS) is 1. The summed E-state index contributed by atoms with van der Waals surface area (Å²) in [7, 11) is -3.72. The van der Waals surface area contributed by atoms with E-state index in [1.54, 1.807) is 35.7 Å². The minimum atomic E-state index is -3.72. The zero-order chi connectivity index (χ0) is 18.3. The van der Waals surface area contributed by atoms with Crippen molar-refractivity contribution in [1.82, 2.24) is 10.0 Å². The summed E-state index contributed by atoms with van der Waals surface area (Å²) >= 11 is 1.06. The molecule has 7 nitrogen and oxygen atoms in total. The van der Waals surface area contributed by atoms with Gasteiger partial charge in [-0.05, 0) is 23.4 Å². The first-order chi connectivity index (χ1) is 11.9. The number of carbonyl (C=O) groups excluding carboxylic acids is 1. The first-order valence-corrected chi connectivity index (χ1v) is 9.84. The van der Waals surface area contributed by atoms with Crippen LogP contribution in [0.2, 0.25) is 0 Å². The highest BCUT2D eigenvalue weighted by Gasteiger charge is 2.19. The van der Waals surface area contributed by atoms with Gasteiger partial charge in [-0.1, -0.05) is 36.4 Å². The van der Waals surface area contributed by atoms with Gasteiger partial charge in [0.25, 0.3) is 10.0 Å². The Morgan fingerprint density at radius 1 is 1.12 bits per heavy atom. The molecule has 0 aliphatic carbocycles. The average Bonchev–Trinajstić information content (AvgIpc) is 3.13. The largest absolute Gasteiger partial charge is 0.481 e. The number of hydrogen-bond acceptors (Lipinski definition) is 5. The van der Waals surface area contributed by atoms with Gasteiger partial charge in [0.05, 0.1) is 12.6 Å². The molecule has 0 spiro atoms. The Hall–Kier alpha value is -2.23. The Balaban J connectivity index is 1.98. The van der Waals surface area contributed by atoms with E-state index in [4.69, 9.17) is 5.11 Å². The molecule has 1 aromatic heterocycles. The topological polar surface area (TPSA) is 113 Å². The molecule has 0 bridgehead atoms. The van der Waals surface area contributed by atoms with Crippen molar-refractivity contribution in [2.45, 2.75) is 23.1 Å². The summed E-state index contributed by atoms with van der Waals surface area (Å²) in [5.41, 5.74) is 0.762. The molecule has 1 amide bonds. The van der Waals surface area contributed by atoms with Gasteiger partial charge in [-0.3, -0.25) is 9.59 Å². The van der Waals surface area contributed by atoms with Crippen molar-refractivity contribution in [1.29, 1.82) is 0 Å². The number of thiophene rings is 1. The maximum absolute atomic E-state index is 12.1. The second-order valence-corrected chi connectivity index (χ2v) is 8.16. The van der Waals surface area contributed by atoms with Crippen molar-refractivity contribution in [3.05, 3.63) is 53.4 Å². The third-order valence-electron chi connectivity index (χ3n) is 3.37. The Labute approximate surface area is 149 Å². The minimum absolute atomic E-state index is 0.110. The summed E-state index contributed by atoms with van der Waals surface area (Å²) in [4.78, 5) is 22.9. The van der Waals surface area contributed by atoms with Crippen LogP contribution in [0.3, 0.4) is 0 Å². The van der Waals surface area contributed by atoms with E-state index in [-0.39, 0.29) is 17.1 Å². The third kappa shape index (κ3) is 5.96. The second kappa shape index (κ2) is 8.75. The van der Waals surface area contributed by atoms with Gasteiger partial charge in [-0.2, -0.15) is 0 Å². The third-order valence-corrected chi connectivity index (χ3v) is 6.17. The van der Waals surface area contributed by atoms with E-state index >= 15 is 0 Å². The maximum atomic E-state index is 12.1. The van der Waals surface area contributed by atoms with Crippen LogP contribution >= 0.6 is 11.3 Å². The number of sulfonamides is 1. The van der Waals surface area contributed by atoms with Crippen molar-refractivity contribution in [3.63, 3.8) is 0 Å². The Morgan fingerprint density at radius 2 is 1.84 bits per heavy atom. The van der Waals surface area contributed by atoms with E-state index in [9.17, 15) is 18.0 Å². The standard InChI is InChI=1S/C16H18N2O5S2/c19-14(11-17-25(22,23)16-7-4-10-24-16)18-13(8-9-15(20)21)12-5-2-1-3-6-12/h1-7,10,13,17H,8-9,11H2,(H,18,19)(H,20,21). The SMILES string of the molecule is O=C(O)CCC(NC(=O)CNS(=O)(=O)c1cccs1)c1ccccc1. The molecule has 1 atom stereocenters. The molecule has 2 aromatic rings. The number of carbonyl (C=O) groups is 2. The number of benzene rings is 1. The molecule has 134 valence electrons. The van der Waals surface area contributed by atoms with Crippen molar-refractivity contribution in [2.24, 2.45) is 0 Å². The normalized spacial score (nSPS) is 12.5. The lowest BCUT2D eigenvalue weighted by atomic mass is 10.0. The van der Waals surface area contributed by atoms with Crippen LogP contribution in [-0.4, -0.2) is 31.9 Å². The van der Waals surface area contributed by atoms with Gasteiger partial charge in [0.2, 0.25) is 5.91 Å². The number of nitrogens with one attached hydrogen (secondary N) is 2. The van der Waals surface area contributed by atoms with E-state index in [1.165, 1.54) is 6.07 Å². The van der Waals surface area contributed by atoms with Crippen molar-refractivity contribution in [3.8, 4) is 0 Å². The van der Waals surface area contributed by atoms with E-state index < -0.39 is 34.5 Å². The molecular formula is C16H18N2O5S2. The molecule has 25 heavy (non-hydrogen) atoms. The number of aliphatic carboxylic acids is 1. The van der Waals surface area contributed by atoms with Gasteiger partial charge in [-0.15, -0.1) is 11.3 Å². The molecule has 0 radical (unpaired) electrons. The van der Waals surface area contributed by atoms with Crippen LogP contribution < -0.4 is 10.0 Å². The van der Waals surface area contributed by atoms with Gasteiger partial charge >= 0.3 is 5.97 Å². The number of rotatable bonds is 9. The summed E-state index contributed by atoms with van der Waals surface area (Å²) in [6.45, 7) is -0.420. The molecule has 1 aromatic carbocycles. The van der Waals surface area contributed by atoms with Gasteiger partial charge in [-0.25, -0.2) is 13.1 Å². The summed E-state index contributed by atoms with van der Waals surface area (Å²) in [5.74, 6) is -1.49. The van der Waals surface area contributed by atoms with Crippen molar-refractivity contribution in [2.75, 3.05) is 6.54 Å². The summed E-state index contributed by atoms with van der Waals surface area (Å²) < 4.78 is 26.4. The lowest BCUT2D eigenvalue weighted by Gasteiger charge is -2.18. The van der Waals surface area contributed by atoms with E-state index in [1.807, 2.05) is 6.07 Å². The van der Waals surface area contributed by atoms with Crippen LogP contribution in [0, 0.1) is 0 Å². The Morgan fingerprint density at radius 3 is 2.44 bits per heavy atom.